The SMILES string of the molecule is CCc1ccc(CCC(=O)NNC(=O)COc2ccccc2CC)cc1. The van der Waals surface area contributed by atoms with Crippen LogP contribution in [-0.2, 0) is 28.9 Å². The average Bonchev–Trinajstić information content (AvgIpc) is 2.69. The lowest BCUT2D eigenvalue weighted by Gasteiger charge is -2.11. The topological polar surface area (TPSA) is 67.4 Å². The van der Waals surface area contributed by atoms with Crippen molar-refractivity contribution >= 4 is 11.8 Å². The van der Waals surface area contributed by atoms with Crippen molar-refractivity contribution in [2.45, 2.75) is 39.5 Å². The third-order valence-corrected chi connectivity index (χ3v) is 4.13. The van der Waals surface area contributed by atoms with Crippen LogP contribution < -0.4 is 15.6 Å². The van der Waals surface area contributed by atoms with Gasteiger partial charge >= 0.3 is 0 Å². The second-order valence-corrected chi connectivity index (χ2v) is 6.02. The fourth-order valence-corrected chi connectivity index (χ4v) is 2.52. The molecule has 0 saturated heterocycles. The molecule has 2 rings (SSSR count). The number of carbonyl (C=O) groups excluding carboxylic acids is 2. The van der Waals surface area contributed by atoms with E-state index in [2.05, 4.69) is 29.9 Å². The molecule has 5 heteroatoms. The molecular weight excluding hydrogens is 328 g/mol. The average molecular weight is 354 g/mol. The van der Waals surface area contributed by atoms with E-state index in [9.17, 15) is 9.59 Å². The molecule has 2 aromatic carbocycles. The zero-order chi connectivity index (χ0) is 18.8. The maximum absolute atomic E-state index is 11.9. The van der Waals surface area contributed by atoms with Gasteiger partial charge in [0.1, 0.15) is 5.75 Å². The van der Waals surface area contributed by atoms with E-state index in [4.69, 9.17) is 4.74 Å². The minimum atomic E-state index is -0.392. The van der Waals surface area contributed by atoms with Crippen molar-refractivity contribution in [1.29, 1.82) is 0 Å². The van der Waals surface area contributed by atoms with E-state index in [1.54, 1.807) is 0 Å². The zero-order valence-electron chi connectivity index (χ0n) is 15.4. The molecule has 2 N–H and O–H groups in total. The Kier molecular flexibility index (Phi) is 7.68. The summed E-state index contributed by atoms with van der Waals surface area (Å²) in [5.41, 5.74) is 8.22. The van der Waals surface area contributed by atoms with Gasteiger partial charge in [-0.2, -0.15) is 0 Å². The first-order valence-electron chi connectivity index (χ1n) is 8.98. The number of nitrogens with one attached hydrogen (secondary N) is 2. The van der Waals surface area contributed by atoms with E-state index in [0.29, 0.717) is 18.6 Å². The summed E-state index contributed by atoms with van der Waals surface area (Å²) in [5, 5.41) is 0. The summed E-state index contributed by atoms with van der Waals surface area (Å²) in [5.74, 6) is 0.0652. The summed E-state index contributed by atoms with van der Waals surface area (Å²) >= 11 is 0. The van der Waals surface area contributed by atoms with Gasteiger partial charge in [0.05, 0.1) is 0 Å². The summed E-state index contributed by atoms with van der Waals surface area (Å²) in [4.78, 5) is 23.7. The van der Waals surface area contributed by atoms with Crippen LogP contribution in [0, 0.1) is 0 Å². The largest absolute Gasteiger partial charge is 0.483 e. The molecule has 0 aliphatic carbocycles. The predicted molar refractivity (Wildman–Crippen MR) is 102 cm³/mol. The molecule has 0 aromatic heterocycles. The third-order valence-electron chi connectivity index (χ3n) is 4.13. The first kappa shape index (κ1) is 19.5. The molecule has 2 amide bonds. The number of hydrogen-bond donors (Lipinski definition) is 2. The van der Waals surface area contributed by atoms with E-state index in [1.165, 1.54) is 5.56 Å². The fraction of sp³-hybridized carbons (Fsp3) is 0.333. The van der Waals surface area contributed by atoms with Gasteiger partial charge in [-0.15, -0.1) is 0 Å². The Morgan fingerprint density at radius 1 is 0.846 bits per heavy atom. The molecule has 0 radical (unpaired) electrons. The van der Waals surface area contributed by atoms with E-state index in [-0.39, 0.29) is 12.5 Å². The highest BCUT2D eigenvalue weighted by Crippen LogP contribution is 2.17. The number of ether oxygens (including phenoxy) is 1. The molecule has 0 bridgehead atoms. The van der Waals surface area contributed by atoms with Gasteiger partial charge < -0.3 is 4.74 Å². The number of benzene rings is 2. The molecule has 0 saturated carbocycles. The van der Waals surface area contributed by atoms with Crippen LogP contribution in [0.3, 0.4) is 0 Å². The smallest absolute Gasteiger partial charge is 0.276 e. The molecule has 138 valence electrons. The predicted octanol–water partition coefficient (Wildman–Crippen LogP) is 2.97. The Hall–Kier alpha value is -2.82. The van der Waals surface area contributed by atoms with Gasteiger partial charge in [0.25, 0.3) is 5.91 Å². The Balaban J connectivity index is 1.68. The highest BCUT2D eigenvalue weighted by atomic mass is 16.5. The van der Waals surface area contributed by atoms with E-state index in [0.717, 1.165) is 24.0 Å². The Morgan fingerprint density at radius 2 is 1.50 bits per heavy atom. The van der Waals surface area contributed by atoms with Crippen LogP contribution in [0.4, 0.5) is 0 Å². The number of aryl methyl sites for hydroxylation is 3. The summed E-state index contributed by atoms with van der Waals surface area (Å²) in [6.07, 6.45) is 2.77. The van der Waals surface area contributed by atoms with Crippen LogP contribution in [0.5, 0.6) is 5.75 Å². The van der Waals surface area contributed by atoms with Crippen molar-refractivity contribution in [3.05, 3.63) is 65.2 Å². The van der Waals surface area contributed by atoms with E-state index >= 15 is 0 Å². The molecule has 5 nitrogen and oxygen atoms in total. The monoisotopic (exact) mass is 354 g/mol. The first-order valence-corrected chi connectivity index (χ1v) is 8.98. The number of rotatable bonds is 8. The van der Waals surface area contributed by atoms with Crippen LogP contribution in [-0.4, -0.2) is 18.4 Å². The lowest BCUT2D eigenvalue weighted by Crippen LogP contribution is -2.43. The van der Waals surface area contributed by atoms with Gasteiger partial charge in [-0.05, 0) is 42.0 Å². The standard InChI is InChI=1S/C21H26N2O3/c1-3-16-9-11-17(12-10-16)13-14-20(24)22-23-21(25)15-26-19-8-6-5-7-18(19)4-2/h5-12H,3-4,13-15H2,1-2H3,(H,22,24)(H,23,25). The summed E-state index contributed by atoms with van der Waals surface area (Å²) < 4.78 is 5.51. The highest BCUT2D eigenvalue weighted by molar-refractivity contribution is 5.82. The van der Waals surface area contributed by atoms with Gasteiger partial charge in [-0.25, -0.2) is 0 Å². The maximum Gasteiger partial charge on any atom is 0.276 e. The lowest BCUT2D eigenvalue weighted by atomic mass is 10.1. The summed E-state index contributed by atoms with van der Waals surface area (Å²) in [6.45, 7) is 3.99. The minimum absolute atomic E-state index is 0.143. The molecule has 0 spiro atoms. The van der Waals surface area contributed by atoms with Crippen LogP contribution >= 0.6 is 0 Å². The third kappa shape index (κ3) is 6.24. The molecule has 0 fully saturated rings. The number of hydrogen-bond acceptors (Lipinski definition) is 3. The Bertz CT molecular complexity index is 726. The molecule has 0 heterocycles. The van der Waals surface area contributed by atoms with Crippen molar-refractivity contribution in [1.82, 2.24) is 10.9 Å². The molecular formula is C21H26N2O3. The van der Waals surface area contributed by atoms with Gasteiger partial charge in [0, 0.05) is 6.42 Å². The fourth-order valence-electron chi connectivity index (χ4n) is 2.52. The Labute approximate surface area is 154 Å². The second kappa shape index (κ2) is 10.2. The molecule has 0 aliphatic rings. The molecule has 26 heavy (non-hydrogen) atoms. The second-order valence-electron chi connectivity index (χ2n) is 6.02. The van der Waals surface area contributed by atoms with Crippen molar-refractivity contribution in [3.63, 3.8) is 0 Å². The van der Waals surface area contributed by atoms with Gasteiger partial charge in [-0.3, -0.25) is 20.4 Å². The van der Waals surface area contributed by atoms with Crippen molar-refractivity contribution in [3.8, 4) is 5.75 Å². The van der Waals surface area contributed by atoms with Crippen molar-refractivity contribution in [2.75, 3.05) is 6.61 Å². The zero-order valence-corrected chi connectivity index (χ0v) is 15.4. The van der Waals surface area contributed by atoms with Gasteiger partial charge in [0.2, 0.25) is 5.91 Å². The van der Waals surface area contributed by atoms with Crippen molar-refractivity contribution in [2.24, 2.45) is 0 Å². The highest BCUT2D eigenvalue weighted by Gasteiger charge is 2.07. The van der Waals surface area contributed by atoms with Gasteiger partial charge in [0.15, 0.2) is 6.61 Å². The number of para-hydroxylation sites is 1. The van der Waals surface area contributed by atoms with Crippen LogP contribution in [0.2, 0.25) is 0 Å². The van der Waals surface area contributed by atoms with E-state index < -0.39 is 5.91 Å². The molecule has 0 aliphatic heterocycles. The summed E-state index contributed by atoms with van der Waals surface area (Å²) in [7, 11) is 0. The number of amides is 2. The maximum atomic E-state index is 11.9. The molecule has 0 atom stereocenters. The van der Waals surface area contributed by atoms with Crippen LogP contribution in [0.25, 0.3) is 0 Å². The lowest BCUT2D eigenvalue weighted by molar-refractivity contribution is -0.130. The van der Waals surface area contributed by atoms with E-state index in [1.807, 2.05) is 43.3 Å². The van der Waals surface area contributed by atoms with Crippen LogP contribution in [0.15, 0.2) is 48.5 Å². The van der Waals surface area contributed by atoms with Gasteiger partial charge in [-0.1, -0.05) is 56.3 Å². The van der Waals surface area contributed by atoms with Crippen LogP contribution in [0.1, 0.15) is 37.0 Å². The normalized spacial score (nSPS) is 10.2. The number of carbonyl (C=O) groups is 2. The minimum Gasteiger partial charge on any atom is -0.483 e. The molecule has 2 aromatic rings. The first-order chi connectivity index (χ1) is 12.6. The molecule has 0 unspecified atom stereocenters. The number of hydrazine groups is 1. The summed E-state index contributed by atoms with van der Waals surface area (Å²) in [6, 6.07) is 15.8. The Morgan fingerprint density at radius 3 is 2.19 bits per heavy atom. The van der Waals surface area contributed by atoms with Crippen molar-refractivity contribution < 1.29 is 14.3 Å². The quantitative estimate of drug-likeness (QED) is 0.716.